The molecule has 1 amide bonds. The van der Waals surface area contributed by atoms with Crippen molar-refractivity contribution in [3.63, 3.8) is 0 Å². The van der Waals surface area contributed by atoms with Gasteiger partial charge in [0.15, 0.2) is 0 Å². The van der Waals surface area contributed by atoms with Crippen molar-refractivity contribution in [2.75, 3.05) is 0 Å². The first-order chi connectivity index (χ1) is 12.2. The number of aryl methyl sites for hydroxylation is 1. The summed E-state index contributed by atoms with van der Waals surface area (Å²) in [6.07, 6.45) is 0.846. The maximum absolute atomic E-state index is 12.4. The third kappa shape index (κ3) is 5.66. The summed E-state index contributed by atoms with van der Waals surface area (Å²) in [7, 11) is 0. The number of carbonyl (C=O) groups is 2. The Kier molecular flexibility index (Phi) is 6.53. The van der Waals surface area contributed by atoms with Crippen LogP contribution in [0.2, 0.25) is 0 Å². The maximum atomic E-state index is 12.4. The van der Waals surface area contributed by atoms with E-state index in [2.05, 4.69) is 31.1 Å². The Bertz CT molecular complexity index is 760. The number of amides is 1. The van der Waals surface area contributed by atoms with Crippen molar-refractivity contribution >= 4 is 23.2 Å². The third-order valence-electron chi connectivity index (χ3n) is 4.14. The van der Waals surface area contributed by atoms with E-state index in [0.717, 1.165) is 28.2 Å². The lowest BCUT2D eigenvalue weighted by molar-refractivity contribution is -0.137. The molecule has 0 saturated carbocycles. The number of carboxylic acids is 1. The lowest BCUT2D eigenvalue weighted by Crippen LogP contribution is -2.31. The number of hydrogen-bond acceptors (Lipinski definition) is 4. The minimum atomic E-state index is -0.947. The molecule has 26 heavy (non-hydrogen) atoms. The van der Waals surface area contributed by atoms with Crippen molar-refractivity contribution in [1.29, 1.82) is 0 Å². The number of aromatic nitrogens is 1. The van der Waals surface area contributed by atoms with Crippen LogP contribution in [0.5, 0.6) is 0 Å². The van der Waals surface area contributed by atoms with E-state index in [9.17, 15) is 14.7 Å². The second-order valence-corrected chi connectivity index (χ2v) is 8.30. The van der Waals surface area contributed by atoms with Crippen LogP contribution >= 0.6 is 11.3 Å². The van der Waals surface area contributed by atoms with E-state index in [0.29, 0.717) is 0 Å². The van der Waals surface area contributed by atoms with Crippen LogP contribution in [-0.4, -0.2) is 22.0 Å². The molecule has 140 valence electrons. The summed E-state index contributed by atoms with van der Waals surface area (Å²) in [6, 6.07) is 7.21. The summed E-state index contributed by atoms with van der Waals surface area (Å²) in [5.74, 6) is -1.17. The number of rotatable bonds is 7. The van der Waals surface area contributed by atoms with Gasteiger partial charge in [0.25, 0.3) is 0 Å². The second-order valence-electron chi connectivity index (χ2n) is 7.35. The standard InChI is InChI=1S/C20H26N2O3S/c1-5-18-21-15(12-26-18)10-17(23)22-16(11-19(24)25)13-6-8-14(9-7-13)20(2,3)4/h6-9,12,16H,5,10-11H2,1-4H3,(H,22,23)(H,24,25). The summed E-state index contributed by atoms with van der Waals surface area (Å²) in [6.45, 7) is 8.39. The average molecular weight is 375 g/mol. The molecule has 1 aromatic carbocycles. The van der Waals surface area contributed by atoms with Gasteiger partial charge in [-0.05, 0) is 23.0 Å². The predicted octanol–water partition coefficient (Wildman–Crippen LogP) is 3.88. The molecule has 0 saturated heterocycles. The minimum Gasteiger partial charge on any atom is -0.481 e. The predicted molar refractivity (Wildman–Crippen MR) is 103 cm³/mol. The zero-order chi connectivity index (χ0) is 19.3. The monoisotopic (exact) mass is 374 g/mol. The fourth-order valence-corrected chi connectivity index (χ4v) is 3.39. The summed E-state index contributed by atoms with van der Waals surface area (Å²) >= 11 is 1.54. The Hall–Kier alpha value is -2.21. The molecule has 1 atom stereocenters. The van der Waals surface area contributed by atoms with Gasteiger partial charge in [-0.2, -0.15) is 0 Å². The molecule has 0 radical (unpaired) electrons. The highest BCUT2D eigenvalue weighted by Crippen LogP contribution is 2.25. The Labute approximate surface area is 158 Å². The number of carbonyl (C=O) groups excluding carboxylic acids is 1. The number of nitrogens with one attached hydrogen (secondary N) is 1. The first-order valence-corrected chi connectivity index (χ1v) is 9.62. The fourth-order valence-electron chi connectivity index (χ4n) is 2.64. The van der Waals surface area contributed by atoms with Crippen molar-refractivity contribution in [2.45, 2.75) is 58.4 Å². The van der Waals surface area contributed by atoms with Crippen LogP contribution in [0.4, 0.5) is 0 Å². The van der Waals surface area contributed by atoms with Gasteiger partial charge >= 0.3 is 5.97 Å². The normalized spacial score (nSPS) is 12.6. The van der Waals surface area contributed by atoms with Gasteiger partial charge in [0.05, 0.1) is 29.6 Å². The quantitative estimate of drug-likeness (QED) is 0.771. The summed E-state index contributed by atoms with van der Waals surface area (Å²) in [5.41, 5.74) is 2.70. The third-order valence-corrected chi connectivity index (χ3v) is 5.18. The number of benzene rings is 1. The molecule has 5 nitrogen and oxygen atoms in total. The SMILES string of the molecule is CCc1nc(CC(=O)NC(CC(=O)O)c2ccc(C(C)(C)C)cc2)cs1. The number of carboxylic acid groups (broad SMARTS) is 1. The molecule has 0 bridgehead atoms. The molecule has 2 rings (SSSR count). The van der Waals surface area contributed by atoms with Crippen LogP contribution in [0.15, 0.2) is 29.6 Å². The fraction of sp³-hybridized carbons (Fsp3) is 0.450. The molecule has 6 heteroatoms. The van der Waals surface area contributed by atoms with Gasteiger partial charge in [0.1, 0.15) is 0 Å². The van der Waals surface area contributed by atoms with Gasteiger partial charge in [-0.3, -0.25) is 9.59 Å². The lowest BCUT2D eigenvalue weighted by Gasteiger charge is -2.21. The van der Waals surface area contributed by atoms with E-state index in [4.69, 9.17) is 0 Å². The van der Waals surface area contributed by atoms with Crippen molar-refractivity contribution in [3.8, 4) is 0 Å². The molecule has 1 unspecified atom stereocenters. The van der Waals surface area contributed by atoms with Gasteiger partial charge < -0.3 is 10.4 Å². The van der Waals surface area contributed by atoms with Gasteiger partial charge in [0, 0.05) is 5.38 Å². The van der Waals surface area contributed by atoms with Gasteiger partial charge in [0.2, 0.25) is 5.91 Å². The van der Waals surface area contributed by atoms with Crippen molar-refractivity contribution in [3.05, 3.63) is 51.5 Å². The van der Waals surface area contributed by atoms with E-state index in [1.807, 2.05) is 36.6 Å². The van der Waals surface area contributed by atoms with Gasteiger partial charge in [-0.1, -0.05) is 52.0 Å². The van der Waals surface area contributed by atoms with E-state index in [1.165, 1.54) is 11.3 Å². The smallest absolute Gasteiger partial charge is 0.305 e. The molecule has 2 N–H and O–H groups in total. The molecule has 1 heterocycles. The largest absolute Gasteiger partial charge is 0.481 e. The maximum Gasteiger partial charge on any atom is 0.305 e. The Morgan fingerprint density at radius 3 is 2.38 bits per heavy atom. The number of aliphatic carboxylic acids is 1. The van der Waals surface area contributed by atoms with Crippen LogP contribution in [0.1, 0.15) is 62.0 Å². The highest BCUT2D eigenvalue weighted by molar-refractivity contribution is 7.09. The number of hydrogen-bond donors (Lipinski definition) is 2. The molecule has 0 aliphatic heterocycles. The molecule has 0 aliphatic carbocycles. The van der Waals surface area contributed by atoms with E-state index >= 15 is 0 Å². The number of nitrogens with zero attached hydrogens (tertiary/aromatic N) is 1. The van der Waals surface area contributed by atoms with Gasteiger partial charge in [-0.25, -0.2) is 4.98 Å². The van der Waals surface area contributed by atoms with Crippen molar-refractivity contribution in [1.82, 2.24) is 10.3 Å². The Morgan fingerprint density at radius 2 is 1.88 bits per heavy atom. The van der Waals surface area contributed by atoms with Gasteiger partial charge in [-0.15, -0.1) is 11.3 Å². The van der Waals surface area contributed by atoms with Crippen LogP contribution < -0.4 is 5.32 Å². The van der Waals surface area contributed by atoms with E-state index < -0.39 is 12.0 Å². The summed E-state index contributed by atoms with van der Waals surface area (Å²) < 4.78 is 0. The second kappa shape index (κ2) is 8.45. The molecule has 1 aromatic heterocycles. The van der Waals surface area contributed by atoms with Crippen LogP contribution in [0.3, 0.4) is 0 Å². The first kappa shape index (κ1) is 20.1. The molecular formula is C20H26N2O3S. The molecule has 0 spiro atoms. The molecule has 2 aromatic rings. The topological polar surface area (TPSA) is 79.3 Å². The lowest BCUT2D eigenvalue weighted by atomic mass is 9.86. The molecule has 0 aliphatic rings. The molecular weight excluding hydrogens is 348 g/mol. The Balaban J connectivity index is 2.11. The average Bonchev–Trinajstić information content (AvgIpc) is 3.00. The van der Waals surface area contributed by atoms with E-state index in [-0.39, 0.29) is 24.2 Å². The van der Waals surface area contributed by atoms with Crippen molar-refractivity contribution < 1.29 is 14.7 Å². The molecule has 0 fully saturated rings. The van der Waals surface area contributed by atoms with Crippen LogP contribution in [0, 0.1) is 0 Å². The first-order valence-electron chi connectivity index (χ1n) is 8.74. The zero-order valence-corrected chi connectivity index (χ0v) is 16.5. The number of thiazole rings is 1. The van der Waals surface area contributed by atoms with Crippen LogP contribution in [-0.2, 0) is 27.8 Å². The highest BCUT2D eigenvalue weighted by Gasteiger charge is 2.20. The van der Waals surface area contributed by atoms with Crippen LogP contribution in [0.25, 0.3) is 0 Å². The minimum absolute atomic E-state index is 0.0195. The Morgan fingerprint density at radius 1 is 1.23 bits per heavy atom. The highest BCUT2D eigenvalue weighted by atomic mass is 32.1. The van der Waals surface area contributed by atoms with Crippen molar-refractivity contribution in [2.24, 2.45) is 0 Å². The summed E-state index contributed by atoms with van der Waals surface area (Å²) in [5, 5.41) is 14.9. The summed E-state index contributed by atoms with van der Waals surface area (Å²) in [4.78, 5) is 28.0. The van der Waals surface area contributed by atoms with E-state index in [1.54, 1.807) is 0 Å². The zero-order valence-electron chi connectivity index (χ0n) is 15.7.